The van der Waals surface area contributed by atoms with Crippen molar-refractivity contribution in [1.82, 2.24) is 0 Å². The summed E-state index contributed by atoms with van der Waals surface area (Å²) < 4.78 is 12.9. The Hall–Kier alpha value is -0.860. The molecule has 3 heteroatoms. The summed E-state index contributed by atoms with van der Waals surface area (Å²) in [6, 6.07) is 4.12. The quantitative estimate of drug-likeness (QED) is 0.775. The number of hydrogen-bond donors (Lipinski definition) is 1. The second-order valence-electron chi connectivity index (χ2n) is 4.09. The smallest absolute Gasteiger partial charge is 0.124 e. The highest BCUT2D eigenvalue weighted by Gasteiger charge is 2.18. The highest BCUT2D eigenvalue weighted by atomic mass is 35.5. The molecule has 0 saturated carbocycles. The van der Waals surface area contributed by atoms with Crippen LogP contribution in [-0.2, 0) is 0 Å². The molecular formula is C13H14ClFO. The summed E-state index contributed by atoms with van der Waals surface area (Å²) in [6.45, 7) is 0. The first-order valence-electron chi connectivity index (χ1n) is 5.50. The third-order valence-electron chi connectivity index (χ3n) is 2.93. The summed E-state index contributed by atoms with van der Waals surface area (Å²) in [4.78, 5) is 0. The molecule has 1 aliphatic rings. The Morgan fingerprint density at radius 1 is 1.31 bits per heavy atom. The highest BCUT2D eigenvalue weighted by molar-refractivity contribution is 6.31. The molecule has 1 N–H and O–H groups in total. The molecule has 0 spiro atoms. The molecule has 1 nitrogen and oxygen atoms in total. The zero-order valence-corrected chi connectivity index (χ0v) is 9.67. The van der Waals surface area contributed by atoms with Gasteiger partial charge < -0.3 is 5.11 Å². The van der Waals surface area contributed by atoms with E-state index in [4.69, 9.17) is 11.6 Å². The van der Waals surface area contributed by atoms with Gasteiger partial charge in [0.1, 0.15) is 11.9 Å². The summed E-state index contributed by atoms with van der Waals surface area (Å²) in [6.07, 6.45) is 5.55. The van der Waals surface area contributed by atoms with E-state index in [0.717, 1.165) is 24.8 Å². The van der Waals surface area contributed by atoms with Crippen LogP contribution in [0, 0.1) is 5.82 Å². The number of aliphatic hydroxyl groups is 1. The normalized spacial score (nSPS) is 18.1. The van der Waals surface area contributed by atoms with Crippen molar-refractivity contribution in [2.24, 2.45) is 0 Å². The third-order valence-corrected chi connectivity index (χ3v) is 3.26. The van der Waals surface area contributed by atoms with Crippen LogP contribution in [0.15, 0.2) is 29.8 Å². The molecule has 0 heterocycles. The largest absolute Gasteiger partial charge is 0.384 e. The molecule has 0 aromatic heterocycles. The molecule has 1 aromatic rings. The van der Waals surface area contributed by atoms with E-state index in [0.29, 0.717) is 10.6 Å². The highest BCUT2D eigenvalue weighted by Crippen LogP contribution is 2.33. The minimum absolute atomic E-state index is 0.291. The van der Waals surface area contributed by atoms with Crippen LogP contribution in [-0.4, -0.2) is 5.11 Å². The predicted molar refractivity (Wildman–Crippen MR) is 62.9 cm³/mol. The van der Waals surface area contributed by atoms with Gasteiger partial charge >= 0.3 is 0 Å². The van der Waals surface area contributed by atoms with Crippen LogP contribution in [0.2, 0.25) is 5.02 Å². The molecule has 0 aliphatic heterocycles. The SMILES string of the molecule is OC(C1=CCCCC1)c1ccc(F)cc1Cl. The van der Waals surface area contributed by atoms with Gasteiger partial charge in [-0.1, -0.05) is 23.7 Å². The Balaban J connectivity index is 2.26. The minimum atomic E-state index is -0.687. The van der Waals surface area contributed by atoms with E-state index >= 15 is 0 Å². The summed E-state index contributed by atoms with van der Waals surface area (Å²) in [5.74, 6) is -0.376. The van der Waals surface area contributed by atoms with Crippen molar-refractivity contribution < 1.29 is 9.50 Å². The van der Waals surface area contributed by atoms with Gasteiger partial charge in [0.25, 0.3) is 0 Å². The molecule has 1 unspecified atom stereocenters. The molecule has 0 amide bonds. The Kier molecular flexibility index (Phi) is 3.62. The first kappa shape index (κ1) is 11.6. The topological polar surface area (TPSA) is 20.2 Å². The Labute approximate surface area is 99.6 Å². The summed E-state index contributed by atoms with van der Waals surface area (Å²) >= 11 is 5.92. The van der Waals surface area contributed by atoms with E-state index in [-0.39, 0.29) is 5.82 Å². The molecular weight excluding hydrogens is 227 g/mol. The van der Waals surface area contributed by atoms with Gasteiger partial charge in [-0.05, 0) is 43.4 Å². The van der Waals surface area contributed by atoms with Gasteiger partial charge in [-0.3, -0.25) is 0 Å². The second-order valence-corrected chi connectivity index (χ2v) is 4.50. The molecule has 0 fully saturated rings. The zero-order valence-electron chi connectivity index (χ0n) is 8.92. The molecule has 0 radical (unpaired) electrons. The van der Waals surface area contributed by atoms with Crippen LogP contribution in [0.3, 0.4) is 0 Å². The number of rotatable bonds is 2. The van der Waals surface area contributed by atoms with Crippen LogP contribution in [0.4, 0.5) is 4.39 Å². The fourth-order valence-electron chi connectivity index (χ4n) is 2.03. The van der Waals surface area contributed by atoms with Gasteiger partial charge in [0.15, 0.2) is 0 Å². The summed E-state index contributed by atoms with van der Waals surface area (Å²) in [7, 11) is 0. The number of halogens is 2. The second kappa shape index (κ2) is 4.98. The van der Waals surface area contributed by atoms with Crippen LogP contribution >= 0.6 is 11.6 Å². The van der Waals surface area contributed by atoms with Gasteiger partial charge in [-0.15, -0.1) is 0 Å². The first-order chi connectivity index (χ1) is 7.68. The van der Waals surface area contributed by atoms with Gasteiger partial charge in [-0.2, -0.15) is 0 Å². The van der Waals surface area contributed by atoms with Crippen molar-refractivity contribution >= 4 is 11.6 Å². The lowest BCUT2D eigenvalue weighted by molar-refractivity contribution is 0.208. The molecule has 0 bridgehead atoms. The number of allylic oxidation sites excluding steroid dienone is 1. The van der Waals surface area contributed by atoms with Crippen molar-refractivity contribution in [1.29, 1.82) is 0 Å². The van der Waals surface area contributed by atoms with Crippen LogP contribution in [0.25, 0.3) is 0 Å². The number of aliphatic hydroxyl groups excluding tert-OH is 1. The standard InChI is InChI=1S/C13H14ClFO/c14-12-8-10(15)6-7-11(12)13(16)9-4-2-1-3-5-9/h4,6-8,13,16H,1-3,5H2. The van der Waals surface area contributed by atoms with Crippen molar-refractivity contribution in [3.05, 3.63) is 46.3 Å². The zero-order chi connectivity index (χ0) is 11.5. The van der Waals surface area contributed by atoms with E-state index in [2.05, 4.69) is 6.08 Å². The number of benzene rings is 1. The van der Waals surface area contributed by atoms with E-state index in [1.807, 2.05) is 0 Å². The van der Waals surface area contributed by atoms with Gasteiger partial charge in [0, 0.05) is 10.6 Å². The molecule has 86 valence electrons. The lowest BCUT2D eigenvalue weighted by atomic mass is 9.92. The summed E-state index contributed by atoms with van der Waals surface area (Å²) in [5, 5.41) is 10.4. The Bertz CT molecular complexity index is 414. The maximum Gasteiger partial charge on any atom is 0.124 e. The summed E-state index contributed by atoms with van der Waals surface area (Å²) in [5.41, 5.74) is 1.59. The average Bonchev–Trinajstić information content (AvgIpc) is 2.29. The van der Waals surface area contributed by atoms with E-state index in [9.17, 15) is 9.50 Å². The van der Waals surface area contributed by atoms with Crippen molar-refractivity contribution in [2.75, 3.05) is 0 Å². The molecule has 1 aromatic carbocycles. The average molecular weight is 241 g/mol. The van der Waals surface area contributed by atoms with Crippen molar-refractivity contribution in [3.8, 4) is 0 Å². The predicted octanol–water partition coefficient (Wildman–Crippen LogP) is 4.01. The lowest BCUT2D eigenvalue weighted by Crippen LogP contribution is -2.05. The van der Waals surface area contributed by atoms with Crippen molar-refractivity contribution in [3.63, 3.8) is 0 Å². The fraction of sp³-hybridized carbons (Fsp3) is 0.385. The van der Waals surface area contributed by atoms with Gasteiger partial charge in [0.05, 0.1) is 0 Å². The first-order valence-corrected chi connectivity index (χ1v) is 5.88. The van der Waals surface area contributed by atoms with Crippen LogP contribution < -0.4 is 0 Å². The molecule has 1 atom stereocenters. The molecule has 1 aliphatic carbocycles. The van der Waals surface area contributed by atoms with Gasteiger partial charge in [-0.25, -0.2) is 4.39 Å². The van der Waals surface area contributed by atoms with Crippen LogP contribution in [0.5, 0.6) is 0 Å². The van der Waals surface area contributed by atoms with Crippen molar-refractivity contribution in [2.45, 2.75) is 31.8 Å². The molecule has 0 saturated heterocycles. The third kappa shape index (κ3) is 2.45. The van der Waals surface area contributed by atoms with E-state index < -0.39 is 6.10 Å². The Morgan fingerprint density at radius 2 is 2.12 bits per heavy atom. The Morgan fingerprint density at radius 3 is 2.75 bits per heavy atom. The van der Waals surface area contributed by atoms with E-state index in [1.165, 1.54) is 18.6 Å². The minimum Gasteiger partial charge on any atom is -0.384 e. The fourth-order valence-corrected chi connectivity index (χ4v) is 2.30. The molecule has 16 heavy (non-hydrogen) atoms. The number of hydrogen-bond acceptors (Lipinski definition) is 1. The van der Waals surface area contributed by atoms with E-state index in [1.54, 1.807) is 6.07 Å². The maximum absolute atomic E-state index is 12.9. The lowest BCUT2D eigenvalue weighted by Gasteiger charge is -2.19. The monoisotopic (exact) mass is 240 g/mol. The molecule has 2 rings (SSSR count). The van der Waals surface area contributed by atoms with Gasteiger partial charge in [0.2, 0.25) is 0 Å². The maximum atomic E-state index is 12.9. The van der Waals surface area contributed by atoms with Crippen LogP contribution in [0.1, 0.15) is 37.4 Å².